The van der Waals surface area contributed by atoms with Crippen LogP contribution in [0.15, 0.2) is 0 Å². The molecule has 1 saturated heterocycles. The number of rotatable bonds is 0. The van der Waals surface area contributed by atoms with Crippen molar-refractivity contribution in [2.24, 2.45) is 5.92 Å². The van der Waals surface area contributed by atoms with Gasteiger partial charge in [-0.1, -0.05) is 0 Å². The monoisotopic (exact) mass is 96.1 g/mol. The molecule has 1 aliphatic rings. The predicted octanol–water partition coefficient (Wildman–Crippen LogP) is 0.118. The molecule has 0 aromatic rings. The Labute approximate surface area is 43.1 Å². The molecule has 1 rings (SSSR count). The Morgan fingerprint density at radius 3 is 2.57 bits per heavy atom. The smallest absolute Gasteiger partial charge is 0.0738 e. The lowest BCUT2D eigenvalue weighted by atomic mass is 9.95. The molecule has 2 unspecified atom stereocenters. The molecule has 38 valence electrons. The zero-order valence-electron chi connectivity index (χ0n) is 4.31. The fourth-order valence-electron chi connectivity index (χ4n) is 0.629. The lowest BCUT2D eigenvalue weighted by Gasteiger charge is -2.29. The van der Waals surface area contributed by atoms with Crippen molar-refractivity contribution >= 4 is 0 Å². The minimum absolute atomic E-state index is 0.278. The number of nitriles is 1. The van der Waals surface area contributed by atoms with E-state index in [4.69, 9.17) is 5.26 Å². The van der Waals surface area contributed by atoms with Crippen LogP contribution in [0.1, 0.15) is 6.92 Å². The van der Waals surface area contributed by atoms with Crippen LogP contribution in [0.3, 0.4) is 0 Å². The van der Waals surface area contributed by atoms with Crippen molar-refractivity contribution in [3.63, 3.8) is 0 Å². The molecular formula is C5H8N2. The summed E-state index contributed by atoms with van der Waals surface area (Å²) in [6, 6.07) is 2.62. The average molecular weight is 96.1 g/mol. The first-order valence-electron chi connectivity index (χ1n) is 2.47. The van der Waals surface area contributed by atoms with E-state index in [9.17, 15) is 0 Å². The van der Waals surface area contributed by atoms with E-state index >= 15 is 0 Å². The summed E-state index contributed by atoms with van der Waals surface area (Å²) in [5.74, 6) is 0.278. The average Bonchev–Trinajstić information content (AvgIpc) is 1.65. The Balaban J connectivity index is 2.33. The van der Waals surface area contributed by atoms with E-state index < -0.39 is 0 Å². The molecule has 2 nitrogen and oxygen atoms in total. The summed E-state index contributed by atoms with van der Waals surface area (Å²) in [6.07, 6.45) is 0. The van der Waals surface area contributed by atoms with E-state index in [1.165, 1.54) is 0 Å². The number of hydrogen-bond acceptors (Lipinski definition) is 2. The van der Waals surface area contributed by atoms with Crippen LogP contribution in [-0.2, 0) is 0 Å². The third-order valence-electron chi connectivity index (χ3n) is 1.43. The Morgan fingerprint density at radius 2 is 2.57 bits per heavy atom. The zero-order chi connectivity index (χ0) is 5.28. The van der Waals surface area contributed by atoms with Gasteiger partial charge < -0.3 is 5.32 Å². The van der Waals surface area contributed by atoms with Crippen molar-refractivity contribution in [2.75, 3.05) is 6.54 Å². The van der Waals surface area contributed by atoms with Gasteiger partial charge in [0.25, 0.3) is 0 Å². The maximum absolute atomic E-state index is 8.27. The molecule has 1 aliphatic heterocycles. The molecular weight excluding hydrogens is 88.1 g/mol. The van der Waals surface area contributed by atoms with Crippen LogP contribution >= 0.6 is 0 Å². The first-order valence-corrected chi connectivity index (χ1v) is 2.47. The van der Waals surface area contributed by atoms with Crippen LogP contribution in [0.25, 0.3) is 0 Å². The van der Waals surface area contributed by atoms with Gasteiger partial charge in [0, 0.05) is 12.6 Å². The van der Waals surface area contributed by atoms with Crippen LogP contribution in [0.5, 0.6) is 0 Å². The van der Waals surface area contributed by atoms with Gasteiger partial charge in [0.05, 0.1) is 12.0 Å². The SMILES string of the molecule is CC1NCC1C#N. The third kappa shape index (κ3) is 0.594. The Morgan fingerprint density at radius 1 is 1.86 bits per heavy atom. The molecule has 0 aromatic heterocycles. The largest absolute Gasteiger partial charge is 0.312 e. The molecule has 0 saturated carbocycles. The lowest BCUT2D eigenvalue weighted by molar-refractivity contribution is 0.315. The molecule has 1 heterocycles. The van der Waals surface area contributed by atoms with Gasteiger partial charge in [-0.3, -0.25) is 0 Å². The topological polar surface area (TPSA) is 35.8 Å². The molecule has 1 N–H and O–H groups in total. The second-order valence-corrected chi connectivity index (χ2v) is 1.93. The fourth-order valence-corrected chi connectivity index (χ4v) is 0.629. The fraction of sp³-hybridized carbons (Fsp3) is 0.800. The standard InChI is InChI=1S/C5H8N2/c1-4-5(2-6)3-7-4/h4-5,7H,3H2,1H3. The van der Waals surface area contributed by atoms with Gasteiger partial charge in [-0.25, -0.2) is 0 Å². The molecule has 0 bridgehead atoms. The van der Waals surface area contributed by atoms with Crippen LogP contribution in [0.2, 0.25) is 0 Å². The van der Waals surface area contributed by atoms with E-state index in [2.05, 4.69) is 11.4 Å². The Hall–Kier alpha value is -0.550. The molecule has 0 radical (unpaired) electrons. The highest BCUT2D eigenvalue weighted by atomic mass is 15.0. The van der Waals surface area contributed by atoms with Crippen LogP contribution in [0, 0.1) is 17.2 Å². The van der Waals surface area contributed by atoms with Gasteiger partial charge in [-0.15, -0.1) is 0 Å². The first-order chi connectivity index (χ1) is 3.34. The van der Waals surface area contributed by atoms with Gasteiger partial charge in [0.15, 0.2) is 0 Å². The van der Waals surface area contributed by atoms with Crippen molar-refractivity contribution in [3.05, 3.63) is 0 Å². The lowest BCUT2D eigenvalue weighted by Crippen LogP contribution is -2.49. The first kappa shape index (κ1) is 4.61. The number of hydrogen-bond donors (Lipinski definition) is 1. The van der Waals surface area contributed by atoms with Crippen molar-refractivity contribution in [1.82, 2.24) is 5.32 Å². The summed E-state index contributed by atoms with van der Waals surface area (Å²) in [5, 5.41) is 11.4. The number of nitrogens with one attached hydrogen (secondary N) is 1. The number of nitrogens with zero attached hydrogens (tertiary/aromatic N) is 1. The summed E-state index contributed by atoms with van der Waals surface area (Å²) < 4.78 is 0. The molecule has 1 fully saturated rings. The van der Waals surface area contributed by atoms with E-state index in [-0.39, 0.29) is 5.92 Å². The van der Waals surface area contributed by atoms with Gasteiger partial charge in [0.1, 0.15) is 0 Å². The normalized spacial score (nSPS) is 38.9. The highest BCUT2D eigenvalue weighted by Gasteiger charge is 2.24. The van der Waals surface area contributed by atoms with Crippen LogP contribution in [-0.4, -0.2) is 12.6 Å². The molecule has 0 aromatic carbocycles. The van der Waals surface area contributed by atoms with Crippen LogP contribution in [0.4, 0.5) is 0 Å². The minimum Gasteiger partial charge on any atom is -0.312 e. The summed E-state index contributed by atoms with van der Waals surface area (Å²) in [6.45, 7) is 2.91. The molecule has 7 heavy (non-hydrogen) atoms. The third-order valence-corrected chi connectivity index (χ3v) is 1.43. The van der Waals surface area contributed by atoms with Gasteiger partial charge in [-0.2, -0.15) is 5.26 Å². The van der Waals surface area contributed by atoms with Crippen molar-refractivity contribution in [2.45, 2.75) is 13.0 Å². The van der Waals surface area contributed by atoms with Crippen molar-refractivity contribution in [1.29, 1.82) is 5.26 Å². The van der Waals surface area contributed by atoms with Crippen LogP contribution < -0.4 is 5.32 Å². The predicted molar refractivity (Wildman–Crippen MR) is 26.6 cm³/mol. The van der Waals surface area contributed by atoms with Crippen molar-refractivity contribution < 1.29 is 0 Å². The molecule has 2 atom stereocenters. The summed E-state index contributed by atoms with van der Waals surface area (Å²) in [7, 11) is 0. The quantitative estimate of drug-likeness (QED) is 0.465. The zero-order valence-corrected chi connectivity index (χ0v) is 4.31. The van der Waals surface area contributed by atoms with Gasteiger partial charge in [0.2, 0.25) is 0 Å². The second-order valence-electron chi connectivity index (χ2n) is 1.93. The van der Waals surface area contributed by atoms with E-state index in [1.807, 2.05) is 6.92 Å². The van der Waals surface area contributed by atoms with E-state index in [0.29, 0.717) is 6.04 Å². The van der Waals surface area contributed by atoms with Gasteiger partial charge in [-0.05, 0) is 6.92 Å². The highest BCUT2D eigenvalue weighted by Crippen LogP contribution is 2.09. The molecule has 0 spiro atoms. The van der Waals surface area contributed by atoms with Crippen molar-refractivity contribution in [3.8, 4) is 6.07 Å². The van der Waals surface area contributed by atoms with E-state index in [0.717, 1.165) is 6.54 Å². The summed E-state index contributed by atoms with van der Waals surface area (Å²) >= 11 is 0. The molecule has 0 amide bonds. The molecule has 0 aliphatic carbocycles. The Bertz CT molecular complexity index is 103. The highest BCUT2D eigenvalue weighted by molar-refractivity contribution is 4.98. The summed E-state index contributed by atoms with van der Waals surface area (Å²) in [4.78, 5) is 0. The minimum atomic E-state index is 0.278. The van der Waals surface area contributed by atoms with E-state index in [1.54, 1.807) is 0 Å². The second kappa shape index (κ2) is 1.51. The van der Waals surface area contributed by atoms with Gasteiger partial charge >= 0.3 is 0 Å². The maximum Gasteiger partial charge on any atom is 0.0738 e. The molecule has 2 heteroatoms. The summed E-state index contributed by atoms with van der Waals surface area (Å²) in [5.41, 5.74) is 0. The Kier molecular flexibility index (Phi) is 0.994. The maximum atomic E-state index is 8.27.